The molecule has 0 saturated heterocycles. The molecule has 0 bridgehead atoms. The molecule has 1 heterocycles. The summed E-state index contributed by atoms with van der Waals surface area (Å²) in [6, 6.07) is 4.97. The molecule has 1 atom stereocenters. The average molecular weight is 247 g/mol. The van der Waals surface area contributed by atoms with E-state index in [4.69, 9.17) is 0 Å². The van der Waals surface area contributed by atoms with Gasteiger partial charge in [-0.1, -0.05) is 6.07 Å². The molecule has 18 heavy (non-hydrogen) atoms. The summed E-state index contributed by atoms with van der Waals surface area (Å²) in [5.74, 6) is 0.786. The molecule has 0 spiro atoms. The quantitative estimate of drug-likeness (QED) is 0.899. The van der Waals surface area contributed by atoms with Crippen LogP contribution in [0, 0.1) is 12.7 Å². The Morgan fingerprint density at radius 2 is 2.22 bits per heavy atom. The summed E-state index contributed by atoms with van der Waals surface area (Å²) in [5, 5.41) is 3.23. The number of hydrogen-bond acceptors (Lipinski definition) is 2. The van der Waals surface area contributed by atoms with Crippen molar-refractivity contribution in [2.24, 2.45) is 7.05 Å². The molecule has 1 aromatic heterocycles. The smallest absolute Gasteiger partial charge is 0.123 e. The van der Waals surface area contributed by atoms with E-state index in [0.29, 0.717) is 0 Å². The predicted molar refractivity (Wildman–Crippen MR) is 69.8 cm³/mol. The topological polar surface area (TPSA) is 29.9 Å². The third-order valence-corrected chi connectivity index (χ3v) is 3.27. The largest absolute Gasteiger partial charge is 0.338 e. The molecule has 4 heteroatoms. The van der Waals surface area contributed by atoms with Crippen molar-refractivity contribution in [3.63, 3.8) is 0 Å². The van der Waals surface area contributed by atoms with Crippen LogP contribution in [0.2, 0.25) is 0 Å². The molecule has 2 rings (SSSR count). The summed E-state index contributed by atoms with van der Waals surface area (Å²) in [5.41, 5.74) is 2.07. The molecule has 1 N–H and O–H groups in total. The third-order valence-electron chi connectivity index (χ3n) is 3.27. The van der Waals surface area contributed by atoms with Crippen molar-refractivity contribution in [1.29, 1.82) is 0 Å². The zero-order valence-electron chi connectivity index (χ0n) is 10.9. The van der Waals surface area contributed by atoms with E-state index in [1.807, 2.05) is 37.8 Å². The van der Waals surface area contributed by atoms with Crippen LogP contribution in [-0.4, -0.2) is 16.6 Å². The van der Waals surface area contributed by atoms with Gasteiger partial charge in [0.1, 0.15) is 11.6 Å². The minimum Gasteiger partial charge on any atom is -0.338 e. The minimum atomic E-state index is -0.198. The maximum atomic E-state index is 13.4. The second kappa shape index (κ2) is 5.31. The number of imidazole rings is 1. The Kier molecular flexibility index (Phi) is 3.77. The maximum absolute atomic E-state index is 13.4. The van der Waals surface area contributed by atoms with Crippen molar-refractivity contribution in [3.8, 4) is 0 Å². The summed E-state index contributed by atoms with van der Waals surface area (Å²) in [4.78, 5) is 4.31. The highest BCUT2D eigenvalue weighted by Crippen LogP contribution is 2.21. The molecule has 1 unspecified atom stereocenters. The summed E-state index contributed by atoms with van der Waals surface area (Å²) in [7, 11) is 3.85. The van der Waals surface area contributed by atoms with Gasteiger partial charge in [-0.2, -0.15) is 0 Å². The van der Waals surface area contributed by atoms with Gasteiger partial charge in [-0.25, -0.2) is 9.37 Å². The van der Waals surface area contributed by atoms with Crippen LogP contribution < -0.4 is 5.32 Å². The SMILES string of the molecule is CNC(Cc1nccn1C)c1cc(F)ccc1C. The van der Waals surface area contributed by atoms with Crippen molar-refractivity contribution in [2.45, 2.75) is 19.4 Å². The second-order valence-electron chi connectivity index (χ2n) is 4.50. The first kappa shape index (κ1) is 12.8. The van der Waals surface area contributed by atoms with Crippen LogP contribution in [-0.2, 0) is 13.5 Å². The van der Waals surface area contributed by atoms with Crippen molar-refractivity contribution in [2.75, 3.05) is 7.05 Å². The Morgan fingerprint density at radius 3 is 2.83 bits per heavy atom. The second-order valence-corrected chi connectivity index (χ2v) is 4.50. The first-order valence-corrected chi connectivity index (χ1v) is 6.01. The van der Waals surface area contributed by atoms with Gasteiger partial charge in [0.25, 0.3) is 0 Å². The molecule has 0 fully saturated rings. The fourth-order valence-electron chi connectivity index (χ4n) is 2.13. The molecule has 3 nitrogen and oxygen atoms in total. The Bertz CT molecular complexity index is 534. The van der Waals surface area contributed by atoms with E-state index < -0.39 is 0 Å². The van der Waals surface area contributed by atoms with E-state index in [2.05, 4.69) is 10.3 Å². The molecular weight excluding hydrogens is 229 g/mol. The van der Waals surface area contributed by atoms with Gasteiger partial charge in [0, 0.05) is 31.9 Å². The summed E-state index contributed by atoms with van der Waals surface area (Å²) in [6.07, 6.45) is 4.44. The molecule has 1 aromatic carbocycles. The van der Waals surface area contributed by atoms with Crippen LogP contribution in [0.1, 0.15) is 23.0 Å². The zero-order chi connectivity index (χ0) is 13.1. The van der Waals surface area contributed by atoms with Gasteiger partial charge >= 0.3 is 0 Å². The number of aromatic nitrogens is 2. The van der Waals surface area contributed by atoms with Gasteiger partial charge in [-0.05, 0) is 37.2 Å². The third kappa shape index (κ3) is 2.59. The summed E-state index contributed by atoms with van der Waals surface area (Å²) in [6.45, 7) is 2.00. The Hall–Kier alpha value is -1.68. The summed E-state index contributed by atoms with van der Waals surface area (Å²) < 4.78 is 15.3. The van der Waals surface area contributed by atoms with E-state index in [1.165, 1.54) is 6.07 Å². The lowest BCUT2D eigenvalue weighted by atomic mass is 9.98. The number of benzene rings is 1. The lowest BCUT2D eigenvalue weighted by Gasteiger charge is -2.18. The maximum Gasteiger partial charge on any atom is 0.123 e. The molecule has 0 amide bonds. The Balaban J connectivity index is 2.28. The predicted octanol–water partition coefficient (Wildman–Crippen LogP) is 2.37. The normalized spacial score (nSPS) is 12.7. The fourth-order valence-corrected chi connectivity index (χ4v) is 2.13. The van der Waals surface area contributed by atoms with Gasteiger partial charge in [0.05, 0.1) is 0 Å². The number of halogens is 1. The first-order chi connectivity index (χ1) is 8.61. The van der Waals surface area contributed by atoms with Crippen molar-refractivity contribution >= 4 is 0 Å². The molecule has 96 valence electrons. The number of nitrogens with zero attached hydrogens (tertiary/aromatic N) is 2. The number of aryl methyl sites for hydroxylation is 2. The Morgan fingerprint density at radius 1 is 1.44 bits per heavy atom. The summed E-state index contributed by atoms with van der Waals surface area (Å²) >= 11 is 0. The lowest BCUT2D eigenvalue weighted by Crippen LogP contribution is -2.21. The first-order valence-electron chi connectivity index (χ1n) is 6.01. The highest BCUT2D eigenvalue weighted by atomic mass is 19.1. The minimum absolute atomic E-state index is 0.0711. The van der Waals surface area contributed by atoms with Crippen LogP contribution in [0.15, 0.2) is 30.6 Å². The molecule has 2 aromatic rings. The van der Waals surface area contributed by atoms with E-state index in [1.54, 1.807) is 12.3 Å². The van der Waals surface area contributed by atoms with Gasteiger partial charge < -0.3 is 9.88 Å². The van der Waals surface area contributed by atoms with E-state index in [0.717, 1.165) is 23.4 Å². The molecule has 0 radical (unpaired) electrons. The number of nitrogens with one attached hydrogen (secondary N) is 1. The van der Waals surface area contributed by atoms with Crippen LogP contribution in [0.25, 0.3) is 0 Å². The molecule has 0 aliphatic carbocycles. The van der Waals surface area contributed by atoms with E-state index in [9.17, 15) is 4.39 Å². The van der Waals surface area contributed by atoms with Gasteiger partial charge in [0.15, 0.2) is 0 Å². The van der Waals surface area contributed by atoms with Gasteiger partial charge in [-0.3, -0.25) is 0 Å². The molecular formula is C14H18FN3. The molecule has 0 aliphatic heterocycles. The van der Waals surface area contributed by atoms with Crippen molar-refractivity contribution in [1.82, 2.24) is 14.9 Å². The van der Waals surface area contributed by atoms with Crippen LogP contribution in [0.5, 0.6) is 0 Å². The monoisotopic (exact) mass is 247 g/mol. The number of rotatable bonds is 4. The van der Waals surface area contributed by atoms with Gasteiger partial charge in [-0.15, -0.1) is 0 Å². The van der Waals surface area contributed by atoms with Gasteiger partial charge in [0.2, 0.25) is 0 Å². The number of hydrogen-bond donors (Lipinski definition) is 1. The molecule has 0 saturated carbocycles. The highest BCUT2D eigenvalue weighted by molar-refractivity contribution is 5.30. The van der Waals surface area contributed by atoms with Crippen molar-refractivity contribution in [3.05, 3.63) is 53.4 Å². The van der Waals surface area contributed by atoms with Crippen LogP contribution in [0.3, 0.4) is 0 Å². The fraction of sp³-hybridized carbons (Fsp3) is 0.357. The van der Waals surface area contributed by atoms with Crippen molar-refractivity contribution < 1.29 is 4.39 Å². The van der Waals surface area contributed by atoms with E-state index >= 15 is 0 Å². The lowest BCUT2D eigenvalue weighted by molar-refractivity contribution is 0.552. The van der Waals surface area contributed by atoms with E-state index in [-0.39, 0.29) is 11.9 Å². The number of likely N-dealkylation sites (N-methyl/N-ethyl adjacent to an activating group) is 1. The molecule has 0 aliphatic rings. The van der Waals surface area contributed by atoms with Crippen LogP contribution in [0.4, 0.5) is 4.39 Å². The Labute approximate surface area is 107 Å². The highest BCUT2D eigenvalue weighted by Gasteiger charge is 2.15. The average Bonchev–Trinajstić information content (AvgIpc) is 2.75. The standard InChI is InChI=1S/C14H18FN3/c1-10-4-5-11(15)8-12(10)13(16-2)9-14-17-6-7-18(14)3/h4-8,13,16H,9H2,1-3H3. The zero-order valence-corrected chi connectivity index (χ0v) is 10.9. The van der Waals surface area contributed by atoms with Crippen LogP contribution >= 0.6 is 0 Å².